The molecule has 2 aliphatic carbocycles. The molecule has 5 amide bonds. The van der Waals surface area contributed by atoms with E-state index in [1.165, 1.54) is 9.80 Å². The number of benzene rings is 1. The third-order valence-corrected chi connectivity index (χ3v) is 13.5. The Hall–Kier alpha value is -4.64. The van der Waals surface area contributed by atoms with Crippen LogP contribution >= 0.6 is 0 Å². The molecule has 1 spiro atoms. The van der Waals surface area contributed by atoms with Crippen molar-refractivity contribution >= 4 is 44.7 Å². The van der Waals surface area contributed by atoms with Crippen LogP contribution in [0.15, 0.2) is 36.4 Å². The number of fused-ring (bicyclic) bond motifs is 5. The molecule has 7 rings (SSSR count). The largest absolute Gasteiger partial charge is 0.483 e. The van der Waals surface area contributed by atoms with Gasteiger partial charge in [-0.1, -0.05) is 55.0 Å². The molecule has 4 heterocycles. The van der Waals surface area contributed by atoms with Crippen LogP contribution in [0.4, 0.5) is 4.79 Å². The molecule has 3 aliphatic heterocycles. The predicted molar refractivity (Wildman–Crippen MR) is 193 cm³/mol. The smallest absolute Gasteiger partial charge is 0.317 e. The van der Waals surface area contributed by atoms with Gasteiger partial charge in [-0.05, 0) is 64.9 Å². The molecule has 2 aromatic rings. The highest BCUT2D eigenvalue weighted by Gasteiger charge is 2.58. The number of amides is 5. The molecular weight excluding hydrogens is 685 g/mol. The Morgan fingerprint density at radius 2 is 1.88 bits per heavy atom. The minimum atomic E-state index is -4.05. The number of para-hydroxylation sites is 1. The van der Waals surface area contributed by atoms with Crippen molar-refractivity contribution in [1.29, 1.82) is 0 Å². The van der Waals surface area contributed by atoms with E-state index in [1.807, 2.05) is 37.3 Å². The summed E-state index contributed by atoms with van der Waals surface area (Å²) in [6.07, 6.45) is 8.95. The van der Waals surface area contributed by atoms with Crippen molar-refractivity contribution in [2.24, 2.45) is 5.92 Å². The Morgan fingerprint density at radius 1 is 1.12 bits per heavy atom. The number of rotatable bonds is 4. The minimum absolute atomic E-state index is 0.0604. The van der Waals surface area contributed by atoms with Gasteiger partial charge in [0.15, 0.2) is 5.54 Å². The van der Waals surface area contributed by atoms with Crippen molar-refractivity contribution in [1.82, 2.24) is 30.1 Å². The van der Waals surface area contributed by atoms with Crippen LogP contribution < -0.4 is 20.1 Å². The molecule has 1 saturated heterocycles. The summed E-state index contributed by atoms with van der Waals surface area (Å²) in [5.74, 6) is 3.59. The van der Waals surface area contributed by atoms with Crippen molar-refractivity contribution in [2.75, 3.05) is 20.6 Å². The average Bonchev–Trinajstić information content (AvgIpc) is 3.76. The van der Waals surface area contributed by atoms with E-state index in [-0.39, 0.29) is 13.0 Å². The molecule has 0 bridgehead atoms. The molecule has 1 aromatic carbocycles. The summed E-state index contributed by atoms with van der Waals surface area (Å²) in [5, 5.41) is 6.69. The fraction of sp³-hybridized carbons (Fsp3) is 0.553. The maximum absolute atomic E-state index is 14.6. The maximum Gasteiger partial charge on any atom is 0.317 e. The number of ether oxygens (including phenoxy) is 1. The van der Waals surface area contributed by atoms with Gasteiger partial charge in [-0.15, -0.1) is 0 Å². The fourth-order valence-corrected chi connectivity index (χ4v) is 9.02. The number of nitrogens with one attached hydrogen (secondary N) is 3. The van der Waals surface area contributed by atoms with Crippen molar-refractivity contribution in [3.63, 3.8) is 0 Å². The van der Waals surface area contributed by atoms with Gasteiger partial charge in [-0.3, -0.25) is 14.4 Å². The van der Waals surface area contributed by atoms with Gasteiger partial charge in [0.05, 0.1) is 28.4 Å². The van der Waals surface area contributed by atoms with Crippen molar-refractivity contribution in [2.45, 2.75) is 106 Å². The van der Waals surface area contributed by atoms with Gasteiger partial charge in [0.2, 0.25) is 21.8 Å². The van der Waals surface area contributed by atoms with E-state index in [0.717, 1.165) is 29.3 Å². The molecule has 0 unspecified atom stereocenters. The molecule has 0 radical (unpaired) electrons. The Balaban J connectivity index is 1.26. The highest BCUT2D eigenvalue weighted by molar-refractivity contribution is 7.91. The van der Waals surface area contributed by atoms with Crippen molar-refractivity contribution in [3.05, 3.63) is 47.7 Å². The second-order valence-electron chi connectivity index (χ2n) is 15.4. The number of allylic oxidation sites excluding steroid dienone is 1. The number of pyridine rings is 1. The number of aryl methyl sites for hydroxylation is 2. The van der Waals surface area contributed by atoms with Crippen molar-refractivity contribution < 1.29 is 32.3 Å². The summed E-state index contributed by atoms with van der Waals surface area (Å²) in [6, 6.07) is 5.40. The third-order valence-electron chi connectivity index (χ3n) is 11.3. The number of sulfonamides is 1. The zero-order valence-corrected chi connectivity index (χ0v) is 30.9. The first-order valence-electron chi connectivity index (χ1n) is 18.1. The van der Waals surface area contributed by atoms with Crippen molar-refractivity contribution in [3.8, 4) is 17.6 Å². The van der Waals surface area contributed by atoms with Crippen LogP contribution in [0.25, 0.3) is 10.9 Å². The molecule has 1 aromatic heterocycles. The monoisotopic (exact) mass is 730 g/mol. The van der Waals surface area contributed by atoms with Crippen LogP contribution in [0.2, 0.25) is 0 Å². The normalized spacial score (nSPS) is 30.0. The number of carbonyl (C=O) groups is 4. The number of aromatic nitrogens is 1. The summed E-state index contributed by atoms with van der Waals surface area (Å²) in [4.78, 5) is 63.7. The van der Waals surface area contributed by atoms with E-state index in [1.54, 1.807) is 27.1 Å². The number of hydrogen-bond donors (Lipinski definition) is 3. The van der Waals surface area contributed by atoms with E-state index in [2.05, 4.69) is 27.2 Å². The van der Waals surface area contributed by atoms with Gasteiger partial charge in [0, 0.05) is 31.5 Å². The first kappa shape index (κ1) is 35.7. The standard InChI is InChI=1S/C38H46N6O7S/c1-24-31-27(26-13-10-11-14-28(26)39-24)17-18-37(51-31)22-30-32(45)41-38(34(47)42-52(49,50)36(2)20-21-36)19-16-25(38)12-8-6-5-7-9-15-29(33(46)44(30)23-37)40-35(48)43(3)4/h8,10-14,25,29-30H,5-7,9,15,17-18,20-23H2,1-4H3,(H,40,48)(H,41,45)(H,42,47)/b12-8-/t25-,29+,30+,37-,38-/m1/s1. The summed E-state index contributed by atoms with van der Waals surface area (Å²) in [7, 11) is -0.857. The first-order valence-corrected chi connectivity index (χ1v) is 19.6. The van der Waals surface area contributed by atoms with E-state index in [0.29, 0.717) is 56.4 Å². The molecule has 13 nitrogen and oxygen atoms in total. The van der Waals surface area contributed by atoms with Crippen LogP contribution in [0, 0.1) is 24.7 Å². The number of hydrogen-bond acceptors (Lipinski definition) is 8. The van der Waals surface area contributed by atoms with Crippen LogP contribution in [-0.4, -0.2) is 95.6 Å². The van der Waals surface area contributed by atoms with Gasteiger partial charge in [0.25, 0.3) is 5.91 Å². The lowest BCUT2D eigenvalue weighted by Crippen LogP contribution is -2.68. The lowest BCUT2D eigenvalue weighted by atomic mass is 9.75. The van der Waals surface area contributed by atoms with Crippen LogP contribution in [0.3, 0.4) is 0 Å². The summed E-state index contributed by atoms with van der Waals surface area (Å²) < 4.78 is 34.4. The lowest BCUT2D eigenvalue weighted by molar-refractivity contribution is -0.141. The Labute approximate surface area is 304 Å². The van der Waals surface area contributed by atoms with E-state index >= 15 is 0 Å². The summed E-state index contributed by atoms with van der Waals surface area (Å²) in [5.41, 5.74) is -0.257. The maximum atomic E-state index is 14.6. The highest BCUT2D eigenvalue weighted by atomic mass is 32.2. The zero-order valence-electron chi connectivity index (χ0n) is 30.1. The topological polar surface area (TPSA) is 167 Å². The second-order valence-corrected chi connectivity index (χ2v) is 17.6. The van der Waals surface area contributed by atoms with Crippen LogP contribution in [-0.2, 0) is 30.8 Å². The quantitative estimate of drug-likeness (QED) is 0.319. The average molecular weight is 731 g/mol. The lowest BCUT2D eigenvalue weighted by Gasteiger charge is -2.38. The number of nitrogens with zero attached hydrogens (tertiary/aromatic N) is 3. The number of carbonyl (C=O) groups excluding carboxylic acids is 4. The van der Waals surface area contributed by atoms with Gasteiger partial charge in [-0.25, -0.2) is 22.9 Å². The van der Waals surface area contributed by atoms with E-state index in [4.69, 9.17) is 9.72 Å². The molecule has 5 aliphatic rings. The number of urea groups is 1. The van der Waals surface area contributed by atoms with Crippen LogP contribution in [0.5, 0.6) is 5.75 Å². The molecule has 3 N–H and O–H groups in total. The molecule has 52 heavy (non-hydrogen) atoms. The van der Waals surface area contributed by atoms with E-state index in [9.17, 15) is 27.6 Å². The highest BCUT2D eigenvalue weighted by Crippen LogP contribution is 2.45. The predicted octanol–water partition coefficient (Wildman–Crippen LogP) is 2.85. The second kappa shape index (κ2) is 13.1. The summed E-state index contributed by atoms with van der Waals surface area (Å²) in [6.45, 7) is 3.52. The molecular formula is C38H46N6O7S. The van der Waals surface area contributed by atoms with Gasteiger partial charge < -0.3 is 25.2 Å². The molecule has 1 saturated carbocycles. The first-order chi connectivity index (χ1) is 24.7. The zero-order chi connectivity index (χ0) is 37.1. The fourth-order valence-electron chi connectivity index (χ4n) is 7.73. The van der Waals surface area contributed by atoms with Gasteiger partial charge in [0.1, 0.15) is 23.4 Å². The Kier molecular flexibility index (Phi) is 9.00. The van der Waals surface area contributed by atoms with E-state index < -0.39 is 67.7 Å². The molecule has 14 heteroatoms. The van der Waals surface area contributed by atoms with Crippen LogP contribution in [0.1, 0.15) is 76.0 Å². The summed E-state index contributed by atoms with van der Waals surface area (Å²) >= 11 is 0. The van der Waals surface area contributed by atoms with Gasteiger partial charge >= 0.3 is 6.03 Å². The molecule has 2 fully saturated rings. The molecule has 5 atom stereocenters. The SMILES string of the molecule is Cc1nc2ccccc2c2c1O[C@]1(CC2)C[C@H]2C(=O)N[C@]3(C(=O)NS(=O)(=O)C4(C)CC4)C#C[C@H]3/C=C\CCCCC[C@H](NC(=O)N(C)C)C(=O)N2C1. The van der Waals surface area contributed by atoms with Gasteiger partial charge in [-0.2, -0.15) is 0 Å². The third kappa shape index (κ3) is 6.27. The minimum Gasteiger partial charge on any atom is -0.483 e. The Bertz CT molecular complexity index is 2050. The molecule has 276 valence electrons. The Morgan fingerprint density at radius 3 is 2.60 bits per heavy atom.